The fraction of sp³-hybridized carbons (Fsp3) is 0.769. The molecule has 1 atom stereocenters. The Labute approximate surface area is 97.5 Å². The van der Waals surface area contributed by atoms with Crippen molar-refractivity contribution in [2.75, 3.05) is 0 Å². The molecule has 16 heavy (non-hydrogen) atoms. The van der Waals surface area contributed by atoms with E-state index in [9.17, 15) is 5.11 Å². The number of hydrogen-bond donors (Lipinski definition) is 1. The summed E-state index contributed by atoms with van der Waals surface area (Å²) in [5.74, 6) is 0. The Bertz CT molecular complexity index is 339. The topological polar surface area (TPSA) is 38.0 Å². The second-order valence-corrected chi connectivity index (χ2v) is 5.15. The summed E-state index contributed by atoms with van der Waals surface area (Å²) in [5.41, 5.74) is 0.555. The number of aromatic nitrogens is 2. The summed E-state index contributed by atoms with van der Waals surface area (Å²) in [5, 5.41) is 14.8. The monoisotopic (exact) mass is 222 g/mol. The Hall–Kier alpha value is -0.830. The lowest BCUT2D eigenvalue weighted by Crippen LogP contribution is -2.27. The highest BCUT2D eigenvalue weighted by atomic mass is 16.3. The van der Waals surface area contributed by atoms with Crippen LogP contribution in [0.1, 0.15) is 57.7 Å². The summed E-state index contributed by atoms with van der Waals surface area (Å²) in [4.78, 5) is 0. The standard InChI is InChI=1S/C13H22N2O/c1-3-11(2)15-9-6-12(14-15)10-13(16)7-4-5-8-13/h6,9,11,16H,3-5,7-8,10H2,1-2H3. The van der Waals surface area contributed by atoms with E-state index < -0.39 is 5.60 Å². The Morgan fingerprint density at radius 3 is 2.81 bits per heavy atom. The molecule has 1 aromatic heterocycles. The highest BCUT2D eigenvalue weighted by Gasteiger charge is 2.31. The van der Waals surface area contributed by atoms with Crippen LogP contribution in [0.4, 0.5) is 0 Å². The third-order valence-corrected chi connectivity index (χ3v) is 3.75. The van der Waals surface area contributed by atoms with Gasteiger partial charge in [0.2, 0.25) is 0 Å². The molecule has 0 radical (unpaired) electrons. The van der Waals surface area contributed by atoms with Crippen LogP contribution < -0.4 is 0 Å². The summed E-state index contributed by atoms with van der Waals surface area (Å²) < 4.78 is 2.01. The van der Waals surface area contributed by atoms with Crippen molar-refractivity contribution in [2.45, 2.75) is 64.0 Å². The van der Waals surface area contributed by atoms with Crippen molar-refractivity contribution < 1.29 is 5.11 Å². The lowest BCUT2D eigenvalue weighted by Gasteiger charge is -2.20. The van der Waals surface area contributed by atoms with E-state index >= 15 is 0 Å². The van der Waals surface area contributed by atoms with Gasteiger partial charge in [-0.1, -0.05) is 19.8 Å². The lowest BCUT2D eigenvalue weighted by molar-refractivity contribution is 0.0470. The summed E-state index contributed by atoms with van der Waals surface area (Å²) in [7, 11) is 0. The Balaban J connectivity index is 2.02. The molecule has 1 N–H and O–H groups in total. The van der Waals surface area contributed by atoms with E-state index in [0.717, 1.165) is 44.2 Å². The summed E-state index contributed by atoms with van der Waals surface area (Å²) >= 11 is 0. The molecule has 2 rings (SSSR count). The van der Waals surface area contributed by atoms with Crippen LogP contribution in [0.5, 0.6) is 0 Å². The smallest absolute Gasteiger partial charge is 0.0703 e. The molecular formula is C13H22N2O. The van der Waals surface area contributed by atoms with Crippen molar-refractivity contribution in [3.05, 3.63) is 18.0 Å². The molecule has 1 saturated carbocycles. The van der Waals surface area contributed by atoms with E-state index in [2.05, 4.69) is 18.9 Å². The van der Waals surface area contributed by atoms with Gasteiger partial charge in [-0.05, 0) is 32.3 Å². The zero-order valence-electron chi connectivity index (χ0n) is 10.3. The van der Waals surface area contributed by atoms with E-state index in [-0.39, 0.29) is 0 Å². The largest absolute Gasteiger partial charge is 0.389 e. The van der Waals surface area contributed by atoms with E-state index in [0.29, 0.717) is 6.04 Å². The minimum Gasteiger partial charge on any atom is -0.389 e. The molecule has 3 heteroatoms. The first-order valence-electron chi connectivity index (χ1n) is 6.39. The van der Waals surface area contributed by atoms with Gasteiger partial charge < -0.3 is 5.11 Å². The molecule has 1 fully saturated rings. The third kappa shape index (κ3) is 2.46. The van der Waals surface area contributed by atoms with Gasteiger partial charge in [0.1, 0.15) is 0 Å². The first-order chi connectivity index (χ1) is 7.63. The van der Waals surface area contributed by atoms with Crippen molar-refractivity contribution >= 4 is 0 Å². The first-order valence-corrected chi connectivity index (χ1v) is 6.39. The van der Waals surface area contributed by atoms with Crippen molar-refractivity contribution in [1.29, 1.82) is 0 Å². The molecule has 0 spiro atoms. The first kappa shape index (κ1) is 11.6. The number of rotatable bonds is 4. The predicted molar refractivity (Wildman–Crippen MR) is 64.4 cm³/mol. The van der Waals surface area contributed by atoms with E-state index in [4.69, 9.17) is 0 Å². The lowest BCUT2D eigenvalue weighted by atomic mass is 9.96. The molecule has 1 heterocycles. The van der Waals surface area contributed by atoms with Crippen LogP contribution in [-0.2, 0) is 6.42 Å². The highest BCUT2D eigenvalue weighted by molar-refractivity contribution is 5.05. The third-order valence-electron chi connectivity index (χ3n) is 3.75. The molecule has 1 aromatic rings. The van der Waals surface area contributed by atoms with Crippen molar-refractivity contribution in [1.82, 2.24) is 9.78 Å². The van der Waals surface area contributed by atoms with Gasteiger partial charge in [-0.15, -0.1) is 0 Å². The van der Waals surface area contributed by atoms with Crippen molar-refractivity contribution in [3.8, 4) is 0 Å². The van der Waals surface area contributed by atoms with E-state index in [1.807, 2.05) is 16.9 Å². The van der Waals surface area contributed by atoms with Crippen molar-refractivity contribution in [2.24, 2.45) is 0 Å². The number of aliphatic hydroxyl groups is 1. The van der Waals surface area contributed by atoms with Gasteiger partial charge in [0.05, 0.1) is 11.3 Å². The van der Waals surface area contributed by atoms with Gasteiger partial charge in [0, 0.05) is 18.7 Å². The fourth-order valence-corrected chi connectivity index (χ4v) is 2.45. The molecule has 90 valence electrons. The quantitative estimate of drug-likeness (QED) is 0.850. The molecule has 0 bridgehead atoms. The molecule has 3 nitrogen and oxygen atoms in total. The highest BCUT2D eigenvalue weighted by Crippen LogP contribution is 2.32. The number of hydrogen-bond acceptors (Lipinski definition) is 2. The molecular weight excluding hydrogens is 200 g/mol. The average Bonchev–Trinajstić information content (AvgIpc) is 2.87. The Kier molecular flexibility index (Phi) is 3.33. The van der Waals surface area contributed by atoms with Crippen LogP contribution in [0.3, 0.4) is 0 Å². The van der Waals surface area contributed by atoms with Crippen LogP contribution >= 0.6 is 0 Å². The van der Waals surface area contributed by atoms with Gasteiger partial charge in [-0.25, -0.2) is 0 Å². The zero-order chi connectivity index (χ0) is 11.6. The fourth-order valence-electron chi connectivity index (χ4n) is 2.45. The predicted octanol–water partition coefficient (Wildman–Crippen LogP) is 2.70. The summed E-state index contributed by atoms with van der Waals surface area (Å²) in [6.07, 6.45) is 8.02. The second kappa shape index (κ2) is 4.58. The van der Waals surface area contributed by atoms with E-state index in [1.54, 1.807) is 0 Å². The van der Waals surface area contributed by atoms with Crippen LogP contribution in [0.2, 0.25) is 0 Å². The molecule has 0 amide bonds. The molecule has 1 unspecified atom stereocenters. The average molecular weight is 222 g/mol. The molecule has 1 aliphatic rings. The maximum Gasteiger partial charge on any atom is 0.0703 e. The molecule has 0 aliphatic heterocycles. The molecule has 0 saturated heterocycles. The Morgan fingerprint density at radius 2 is 2.19 bits per heavy atom. The van der Waals surface area contributed by atoms with Crippen LogP contribution in [0.15, 0.2) is 12.3 Å². The minimum atomic E-state index is -0.478. The number of nitrogens with zero attached hydrogens (tertiary/aromatic N) is 2. The van der Waals surface area contributed by atoms with Gasteiger partial charge in [0.25, 0.3) is 0 Å². The van der Waals surface area contributed by atoms with E-state index in [1.165, 1.54) is 0 Å². The van der Waals surface area contributed by atoms with Gasteiger partial charge in [-0.3, -0.25) is 4.68 Å². The van der Waals surface area contributed by atoms with Crippen molar-refractivity contribution in [3.63, 3.8) is 0 Å². The summed E-state index contributed by atoms with van der Waals surface area (Å²) in [6, 6.07) is 2.49. The van der Waals surface area contributed by atoms with Crippen LogP contribution in [-0.4, -0.2) is 20.5 Å². The molecule has 0 aromatic carbocycles. The van der Waals surface area contributed by atoms with Gasteiger partial charge in [0.15, 0.2) is 0 Å². The molecule has 1 aliphatic carbocycles. The zero-order valence-corrected chi connectivity index (χ0v) is 10.3. The second-order valence-electron chi connectivity index (χ2n) is 5.15. The van der Waals surface area contributed by atoms with Crippen LogP contribution in [0, 0.1) is 0 Å². The normalized spacial score (nSPS) is 21.2. The Morgan fingerprint density at radius 1 is 1.50 bits per heavy atom. The minimum absolute atomic E-state index is 0.451. The summed E-state index contributed by atoms with van der Waals surface area (Å²) in [6.45, 7) is 4.33. The van der Waals surface area contributed by atoms with Gasteiger partial charge in [-0.2, -0.15) is 5.10 Å². The van der Waals surface area contributed by atoms with Gasteiger partial charge >= 0.3 is 0 Å². The maximum absolute atomic E-state index is 10.3. The maximum atomic E-state index is 10.3. The SMILES string of the molecule is CCC(C)n1ccc(CC2(O)CCCC2)n1. The van der Waals surface area contributed by atoms with Crippen LogP contribution in [0.25, 0.3) is 0 Å².